The van der Waals surface area contributed by atoms with Crippen molar-refractivity contribution in [3.05, 3.63) is 224 Å². The van der Waals surface area contributed by atoms with Crippen molar-refractivity contribution in [3.8, 4) is 67.8 Å². The van der Waals surface area contributed by atoms with Crippen LogP contribution in [0.2, 0.25) is 0 Å². The smallest absolute Gasteiger partial charge is 0.164 e. The summed E-state index contributed by atoms with van der Waals surface area (Å²) in [5.41, 5.74) is -1.13. The molecule has 0 radical (unpaired) electrons. The average molecular weight is 816 g/mol. The van der Waals surface area contributed by atoms with Crippen LogP contribution in [0.5, 0.6) is 0 Å². The number of rotatable bonds is 7. The highest BCUT2D eigenvalue weighted by Gasteiger charge is 2.19. The van der Waals surface area contributed by atoms with E-state index in [2.05, 4.69) is 4.98 Å². The molecule has 5 heteroatoms. The van der Waals surface area contributed by atoms with Crippen molar-refractivity contribution in [1.29, 1.82) is 0 Å². The zero-order valence-corrected chi connectivity index (χ0v) is 31.7. The Kier molecular flexibility index (Phi) is 4.48. The molecular formula is C57H37N5. The van der Waals surface area contributed by atoms with Gasteiger partial charge >= 0.3 is 0 Å². The zero-order chi connectivity index (χ0) is 61.9. The van der Waals surface area contributed by atoms with Gasteiger partial charge in [-0.25, -0.2) is 15.0 Å². The maximum Gasteiger partial charge on any atom is 0.164 e. The lowest BCUT2D eigenvalue weighted by Gasteiger charge is -2.12. The molecule has 0 saturated heterocycles. The van der Waals surface area contributed by atoms with Gasteiger partial charge in [-0.2, -0.15) is 0 Å². The van der Waals surface area contributed by atoms with Gasteiger partial charge in [-0.1, -0.05) is 176 Å². The Balaban J connectivity index is 1.21. The standard InChI is InChI=1S/C57H37N5/c1-4-14-38(15-5-1)39-24-26-40(27-25-39)41-28-30-42(31-29-41)55-58-56(43-32-34-49-47-20-10-12-22-51(47)61(53(49)36-43)45-16-6-2-7-17-45)60-57(59-55)44-33-35-50-48-21-11-13-23-52(48)62(54(50)37-44)46-18-8-3-9-19-46/h1-37H/i2D,3D,6D,7D,8D,9D,10D,11D,12D,13D,16D,17D,18D,19D,20D,21D,22D,23D,32D,33D,34D,35D,36D,37D. The first-order chi connectivity index (χ1) is 40.7. The molecule has 0 aliphatic rings. The summed E-state index contributed by atoms with van der Waals surface area (Å²) in [6.45, 7) is 0. The SMILES string of the molecule is [2H]c1c([2H])c([2H])c(-n2c3c([2H])c([2H])c([2H])c([2H])c3c3c([2H])c([2H])c(-c4nc(-c5ccc(-c6ccc(-c7ccccc7)cc6)cc5)nc(-c5c([2H])c([2H])c6c7c([2H])c([2H])c([2H])c([2H])c7n(-c7c([2H])c([2H])c([2H])c([2H])c7[2H])c6c5[2H])n4)c([2H])c32)c([2H])c1[2H]. The molecule has 0 fully saturated rings. The molecule has 0 spiro atoms. The molecule has 0 saturated carbocycles. The molecule has 3 heterocycles. The van der Waals surface area contributed by atoms with Crippen molar-refractivity contribution in [2.75, 3.05) is 0 Å². The van der Waals surface area contributed by atoms with Crippen molar-refractivity contribution in [2.24, 2.45) is 0 Å². The van der Waals surface area contributed by atoms with Gasteiger partial charge in [0.2, 0.25) is 0 Å². The number of nitrogens with zero attached hydrogens (tertiary/aromatic N) is 5. The molecule has 0 bridgehead atoms. The van der Waals surface area contributed by atoms with E-state index < -0.39 is 223 Å². The summed E-state index contributed by atoms with van der Waals surface area (Å²) >= 11 is 0. The van der Waals surface area contributed by atoms with E-state index in [1.54, 1.807) is 24.3 Å². The van der Waals surface area contributed by atoms with E-state index in [0.717, 1.165) is 25.8 Å². The predicted octanol–water partition coefficient (Wildman–Crippen LogP) is 14.4. The van der Waals surface area contributed by atoms with Gasteiger partial charge < -0.3 is 9.13 Å². The number of hydrogen-bond acceptors (Lipinski definition) is 3. The first-order valence-corrected chi connectivity index (χ1v) is 19.0. The van der Waals surface area contributed by atoms with Crippen LogP contribution in [0.1, 0.15) is 32.9 Å². The Labute approximate surface area is 392 Å². The number of benzene rings is 9. The van der Waals surface area contributed by atoms with Crippen molar-refractivity contribution < 1.29 is 32.9 Å². The van der Waals surface area contributed by atoms with Gasteiger partial charge in [-0.3, -0.25) is 0 Å². The molecule has 0 unspecified atom stereocenters. The van der Waals surface area contributed by atoms with Gasteiger partial charge in [0.15, 0.2) is 17.5 Å². The first kappa shape index (κ1) is 18.9. The first-order valence-electron chi connectivity index (χ1n) is 31.0. The monoisotopic (exact) mass is 815 g/mol. The minimum absolute atomic E-state index is 0.198. The fourth-order valence-electron chi connectivity index (χ4n) is 7.43. The van der Waals surface area contributed by atoms with E-state index in [1.165, 1.54) is 0 Å². The van der Waals surface area contributed by atoms with Crippen LogP contribution in [-0.2, 0) is 0 Å². The molecule has 0 aliphatic carbocycles. The normalized spacial score (nSPS) is 17.0. The van der Waals surface area contributed by atoms with E-state index in [1.807, 2.05) is 54.6 Å². The molecule has 0 amide bonds. The van der Waals surface area contributed by atoms with Crippen molar-refractivity contribution in [1.82, 2.24) is 24.1 Å². The molecule has 0 aliphatic heterocycles. The lowest BCUT2D eigenvalue weighted by Crippen LogP contribution is -2.01. The summed E-state index contributed by atoms with van der Waals surface area (Å²) in [6, 6.07) is 4.25. The highest BCUT2D eigenvalue weighted by molar-refractivity contribution is 6.11. The predicted molar refractivity (Wildman–Crippen MR) is 256 cm³/mol. The van der Waals surface area contributed by atoms with Crippen molar-refractivity contribution in [3.63, 3.8) is 0 Å². The van der Waals surface area contributed by atoms with E-state index >= 15 is 0 Å². The number of hydrogen-bond donors (Lipinski definition) is 0. The Morgan fingerprint density at radius 1 is 0.290 bits per heavy atom. The van der Waals surface area contributed by atoms with Crippen LogP contribution < -0.4 is 0 Å². The topological polar surface area (TPSA) is 48.5 Å². The molecule has 5 nitrogen and oxygen atoms in total. The van der Waals surface area contributed by atoms with Gasteiger partial charge in [-0.05, 0) is 70.6 Å². The van der Waals surface area contributed by atoms with Gasteiger partial charge in [0.1, 0.15) is 0 Å². The van der Waals surface area contributed by atoms with E-state index in [0.29, 0.717) is 5.56 Å². The molecule has 290 valence electrons. The third kappa shape index (κ3) is 6.06. The van der Waals surface area contributed by atoms with Crippen LogP contribution in [0.25, 0.3) is 111 Å². The Morgan fingerprint density at radius 2 is 0.645 bits per heavy atom. The number of fused-ring (bicyclic) bond motifs is 6. The van der Waals surface area contributed by atoms with Gasteiger partial charge in [-0.15, -0.1) is 0 Å². The van der Waals surface area contributed by atoms with Gasteiger partial charge in [0, 0.05) is 49.6 Å². The summed E-state index contributed by atoms with van der Waals surface area (Å²) < 4.78 is 218. The minimum Gasteiger partial charge on any atom is -0.309 e. The van der Waals surface area contributed by atoms with Crippen molar-refractivity contribution >= 4 is 43.6 Å². The number of aromatic nitrogens is 5. The second kappa shape index (κ2) is 14.7. The lowest BCUT2D eigenvalue weighted by molar-refractivity contribution is 1.07. The molecule has 12 rings (SSSR count). The average Bonchev–Trinajstić information content (AvgIpc) is 1.55. The number of para-hydroxylation sites is 4. The van der Waals surface area contributed by atoms with E-state index in [4.69, 9.17) is 34.6 Å². The highest BCUT2D eigenvalue weighted by Crippen LogP contribution is 2.37. The maximum absolute atomic E-state index is 10.0. The molecular weight excluding hydrogens is 755 g/mol. The summed E-state index contributed by atoms with van der Waals surface area (Å²) in [4.78, 5) is 14.1. The van der Waals surface area contributed by atoms with E-state index in [-0.39, 0.29) is 11.4 Å². The second-order valence-corrected chi connectivity index (χ2v) is 13.8. The van der Waals surface area contributed by atoms with Crippen LogP contribution in [-0.4, -0.2) is 24.1 Å². The molecule has 9 aromatic carbocycles. The van der Waals surface area contributed by atoms with Crippen LogP contribution >= 0.6 is 0 Å². The lowest BCUT2D eigenvalue weighted by atomic mass is 9.99. The highest BCUT2D eigenvalue weighted by atomic mass is 15.0. The fourth-order valence-corrected chi connectivity index (χ4v) is 7.43. The quantitative estimate of drug-likeness (QED) is 0.161. The fraction of sp³-hybridized carbons (Fsp3) is 0. The Morgan fingerprint density at radius 3 is 1.10 bits per heavy atom. The van der Waals surface area contributed by atoms with Gasteiger partial charge in [0.05, 0.1) is 55.0 Å². The van der Waals surface area contributed by atoms with Crippen LogP contribution in [0.15, 0.2) is 224 Å². The minimum atomic E-state index is -0.869. The summed E-state index contributed by atoms with van der Waals surface area (Å²) in [6.07, 6.45) is 0. The molecule has 3 aromatic heterocycles. The molecule has 62 heavy (non-hydrogen) atoms. The summed E-state index contributed by atoms with van der Waals surface area (Å²) in [7, 11) is 0. The van der Waals surface area contributed by atoms with Crippen LogP contribution in [0, 0.1) is 0 Å². The van der Waals surface area contributed by atoms with Crippen LogP contribution in [0.3, 0.4) is 0 Å². The summed E-state index contributed by atoms with van der Waals surface area (Å²) in [5.74, 6) is -1.59. The zero-order valence-electron chi connectivity index (χ0n) is 55.7. The second-order valence-electron chi connectivity index (χ2n) is 13.8. The summed E-state index contributed by atoms with van der Waals surface area (Å²) in [5, 5.41) is -1.79. The van der Waals surface area contributed by atoms with Gasteiger partial charge in [0.25, 0.3) is 0 Å². The maximum atomic E-state index is 10.0. The largest absolute Gasteiger partial charge is 0.309 e. The third-order valence-corrected chi connectivity index (χ3v) is 10.3. The van der Waals surface area contributed by atoms with Crippen molar-refractivity contribution in [2.45, 2.75) is 0 Å². The molecule has 12 aromatic rings. The molecule has 0 N–H and O–H groups in total. The molecule has 0 atom stereocenters. The van der Waals surface area contributed by atoms with E-state index in [9.17, 15) is 8.22 Å². The van der Waals surface area contributed by atoms with Crippen LogP contribution in [0.4, 0.5) is 0 Å². The Hall–Kier alpha value is -8.41. The third-order valence-electron chi connectivity index (χ3n) is 10.3. The Bertz CT molecular complexity index is 4720.